The Bertz CT molecular complexity index is 673. The van der Waals surface area contributed by atoms with Crippen LogP contribution in [0.4, 0.5) is 0 Å². The maximum atomic E-state index is 12.2. The van der Waals surface area contributed by atoms with E-state index in [0.29, 0.717) is 12.0 Å². The van der Waals surface area contributed by atoms with E-state index in [9.17, 15) is 14.7 Å². The molecule has 0 saturated carbocycles. The zero-order valence-electron chi connectivity index (χ0n) is 12.5. The summed E-state index contributed by atoms with van der Waals surface area (Å²) in [6.45, 7) is 3.86. The Morgan fingerprint density at radius 3 is 2.62 bits per heavy atom. The highest BCUT2D eigenvalue weighted by atomic mass is 16.4. The Morgan fingerprint density at radius 2 is 2.00 bits per heavy atom. The van der Waals surface area contributed by atoms with Crippen molar-refractivity contribution in [2.24, 2.45) is 13.0 Å². The molecule has 0 aliphatic rings. The van der Waals surface area contributed by atoms with Crippen LogP contribution in [-0.4, -0.2) is 27.6 Å². The predicted octanol–water partition coefficient (Wildman–Crippen LogP) is 2.41. The summed E-state index contributed by atoms with van der Waals surface area (Å²) in [5.41, 5.74) is 1.41. The number of carboxylic acid groups (broad SMARTS) is 1. The van der Waals surface area contributed by atoms with E-state index in [1.54, 1.807) is 12.1 Å². The highest BCUT2D eigenvalue weighted by Gasteiger charge is 2.21. The number of carboxylic acids is 1. The number of carbonyl (C=O) groups excluding carboxylic acids is 1. The predicted molar refractivity (Wildman–Crippen MR) is 81.3 cm³/mol. The Balaban J connectivity index is 2.20. The molecule has 0 unspecified atom stereocenters. The van der Waals surface area contributed by atoms with Gasteiger partial charge in [0.25, 0.3) is 5.91 Å². The molecular formula is C16H20N2O3. The summed E-state index contributed by atoms with van der Waals surface area (Å²) in [7, 11) is 1.91. The number of amides is 1. The van der Waals surface area contributed by atoms with Crippen LogP contribution in [0.5, 0.6) is 0 Å². The second kappa shape index (κ2) is 5.99. The minimum absolute atomic E-state index is 0.196. The van der Waals surface area contributed by atoms with E-state index < -0.39 is 12.0 Å². The summed E-state index contributed by atoms with van der Waals surface area (Å²) in [6, 6.07) is 6.46. The number of aromatic nitrogens is 1. The molecule has 0 fully saturated rings. The monoisotopic (exact) mass is 288 g/mol. The molecule has 2 aromatic rings. The maximum absolute atomic E-state index is 12.2. The Morgan fingerprint density at radius 1 is 1.29 bits per heavy atom. The molecule has 1 heterocycles. The molecule has 2 N–H and O–H groups in total. The van der Waals surface area contributed by atoms with Gasteiger partial charge in [0.1, 0.15) is 6.04 Å². The van der Waals surface area contributed by atoms with E-state index in [1.807, 2.05) is 43.8 Å². The van der Waals surface area contributed by atoms with Crippen LogP contribution in [0.15, 0.2) is 30.5 Å². The fourth-order valence-corrected chi connectivity index (χ4v) is 2.34. The summed E-state index contributed by atoms with van der Waals surface area (Å²) in [6.07, 6.45) is 2.33. The Labute approximate surface area is 123 Å². The molecule has 1 aromatic heterocycles. The molecule has 21 heavy (non-hydrogen) atoms. The molecule has 0 bridgehead atoms. The standard InChI is InChI=1S/C16H20N2O3/c1-10(2)8-13(16(20)21)17-15(19)12-5-4-11-6-7-18(3)14(11)9-12/h4-7,9-10,13H,8H2,1-3H3,(H,17,19)(H,20,21)/t13-/m0/s1. The fraction of sp³-hybridized carbons (Fsp3) is 0.375. The van der Waals surface area contributed by atoms with E-state index in [0.717, 1.165) is 10.9 Å². The first-order valence-electron chi connectivity index (χ1n) is 6.97. The van der Waals surface area contributed by atoms with Crippen LogP contribution < -0.4 is 5.32 Å². The van der Waals surface area contributed by atoms with Crippen molar-refractivity contribution in [3.63, 3.8) is 0 Å². The molecule has 0 aliphatic carbocycles. The molecule has 5 nitrogen and oxygen atoms in total. The van der Waals surface area contributed by atoms with Crippen molar-refractivity contribution in [3.05, 3.63) is 36.0 Å². The van der Waals surface area contributed by atoms with Crippen molar-refractivity contribution in [2.75, 3.05) is 0 Å². The number of rotatable bonds is 5. The summed E-state index contributed by atoms with van der Waals surface area (Å²) in [5.74, 6) is -1.16. The molecule has 0 spiro atoms. The number of fused-ring (bicyclic) bond motifs is 1. The number of benzene rings is 1. The van der Waals surface area contributed by atoms with Crippen molar-refractivity contribution >= 4 is 22.8 Å². The van der Waals surface area contributed by atoms with Crippen LogP contribution in [0.25, 0.3) is 10.9 Å². The molecule has 0 aliphatic heterocycles. The van der Waals surface area contributed by atoms with Gasteiger partial charge in [-0.15, -0.1) is 0 Å². The lowest BCUT2D eigenvalue weighted by molar-refractivity contribution is -0.139. The summed E-state index contributed by atoms with van der Waals surface area (Å²) >= 11 is 0. The quantitative estimate of drug-likeness (QED) is 0.887. The van der Waals surface area contributed by atoms with Gasteiger partial charge in [0.05, 0.1) is 0 Å². The SMILES string of the molecule is CC(C)C[C@H](NC(=O)c1ccc2ccn(C)c2c1)C(=O)O. The number of aryl methyl sites for hydroxylation is 1. The van der Waals surface area contributed by atoms with Gasteiger partial charge in [-0.25, -0.2) is 4.79 Å². The lowest BCUT2D eigenvalue weighted by atomic mass is 10.0. The van der Waals surface area contributed by atoms with Crippen LogP contribution in [0.3, 0.4) is 0 Å². The van der Waals surface area contributed by atoms with Gasteiger partial charge in [0.15, 0.2) is 0 Å². The first-order chi connectivity index (χ1) is 9.88. The minimum atomic E-state index is -1.00. The number of aliphatic carboxylic acids is 1. The lowest BCUT2D eigenvalue weighted by Gasteiger charge is -2.16. The van der Waals surface area contributed by atoms with E-state index in [4.69, 9.17) is 0 Å². The highest BCUT2D eigenvalue weighted by Crippen LogP contribution is 2.17. The van der Waals surface area contributed by atoms with Crippen LogP contribution in [0, 0.1) is 5.92 Å². The largest absolute Gasteiger partial charge is 0.480 e. The summed E-state index contributed by atoms with van der Waals surface area (Å²) < 4.78 is 1.93. The molecule has 1 aromatic carbocycles. The molecule has 5 heteroatoms. The van der Waals surface area contributed by atoms with E-state index in [-0.39, 0.29) is 11.8 Å². The zero-order valence-corrected chi connectivity index (χ0v) is 12.5. The third kappa shape index (κ3) is 3.42. The van der Waals surface area contributed by atoms with Crippen LogP contribution in [0.1, 0.15) is 30.6 Å². The first-order valence-corrected chi connectivity index (χ1v) is 6.97. The second-order valence-corrected chi connectivity index (χ2v) is 5.69. The van der Waals surface area contributed by atoms with Gasteiger partial charge in [-0.05, 0) is 35.9 Å². The fourth-order valence-electron chi connectivity index (χ4n) is 2.34. The highest BCUT2D eigenvalue weighted by molar-refractivity contribution is 5.99. The molecule has 2 rings (SSSR count). The zero-order chi connectivity index (χ0) is 15.6. The van der Waals surface area contributed by atoms with E-state index >= 15 is 0 Å². The van der Waals surface area contributed by atoms with E-state index in [2.05, 4.69) is 5.32 Å². The average Bonchev–Trinajstić information content (AvgIpc) is 2.78. The van der Waals surface area contributed by atoms with Crippen LogP contribution in [-0.2, 0) is 11.8 Å². The van der Waals surface area contributed by atoms with Crippen LogP contribution in [0.2, 0.25) is 0 Å². The van der Waals surface area contributed by atoms with Gasteiger partial charge in [-0.2, -0.15) is 0 Å². The molecule has 0 radical (unpaired) electrons. The number of hydrogen-bond acceptors (Lipinski definition) is 2. The van der Waals surface area contributed by atoms with Gasteiger partial charge < -0.3 is 15.0 Å². The Hall–Kier alpha value is -2.30. The molecule has 0 saturated heterocycles. The normalized spacial score (nSPS) is 12.6. The average molecular weight is 288 g/mol. The van der Waals surface area contributed by atoms with Gasteiger partial charge >= 0.3 is 5.97 Å². The molecule has 112 valence electrons. The van der Waals surface area contributed by atoms with Gasteiger partial charge in [-0.3, -0.25) is 4.79 Å². The van der Waals surface area contributed by atoms with E-state index in [1.165, 1.54) is 0 Å². The topological polar surface area (TPSA) is 71.3 Å². The Kier molecular flexibility index (Phi) is 4.31. The lowest BCUT2D eigenvalue weighted by Crippen LogP contribution is -2.41. The van der Waals surface area contributed by atoms with Crippen molar-refractivity contribution < 1.29 is 14.7 Å². The van der Waals surface area contributed by atoms with Crippen molar-refractivity contribution in [1.29, 1.82) is 0 Å². The van der Waals surface area contributed by atoms with Gasteiger partial charge in [-0.1, -0.05) is 19.9 Å². The smallest absolute Gasteiger partial charge is 0.326 e. The minimum Gasteiger partial charge on any atom is -0.480 e. The molecule has 1 amide bonds. The first kappa shape index (κ1) is 15.1. The number of nitrogens with zero attached hydrogens (tertiary/aromatic N) is 1. The maximum Gasteiger partial charge on any atom is 0.326 e. The van der Waals surface area contributed by atoms with Gasteiger partial charge in [0.2, 0.25) is 0 Å². The van der Waals surface area contributed by atoms with Crippen LogP contribution >= 0.6 is 0 Å². The summed E-state index contributed by atoms with van der Waals surface area (Å²) in [4.78, 5) is 23.4. The second-order valence-electron chi connectivity index (χ2n) is 5.69. The summed E-state index contributed by atoms with van der Waals surface area (Å²) in [5, 5.41) is 12.8. The number of carbonyl (C=O) groups is 2. The molecule has 1 atom stereocenters. The number of hydrogen-bond donors (Lipinski definition) is 2. The van der Waals surface area contributed by atoms with Crippen molar-refractivity contribution in [3.8, 4) is 0 Å². The molecular weight excluding hydrogens is 268 g/mol. The van der Waals surface area contributed by atoms with Crippen molar-refractivity contribution in [1.82, 2.24) is 9.88 Å². The van der Waals surface area contributed by atoms with Gasteiger partial charge in [0, 0.05) is 24.3 Å². The van der Waals surface area contributed by atoms with Crippen molar-refractivity contribution in [2.45, 2.75) is 26.3 Å². The third-order valence-corrected chi connectivity index (χ3v) is 3.46. The third-order valence-electron chi connectivity index (χ3n) is 3.46. The number of nitrogens with one attached hydrogen (secondary N) is 1.